The molecule has 0 spiro atoms. The monoisotopic (exact) mass is 356 g/mol. The summed E-state index contributed by atoms with van der Waals surface area (Å²) in [5.74, 6) is 0. The van der Waals surface area contributed by atoms with E-state index in [0.29, 0.717) is 21.7 Å². The predicted molar refractivity (Wildman–Crippen MR) is 96.8 cm³/mol. The van der Waals surface area contributed by atoms with Crippen molar-refractivity contribution < 1.29 is 0 Å². The highest BCUT2D eigenvalue weighted by Crippen LogP contribution is 2.22. The molecule has 0 saturated carbocycles. The molecule has 4 nitrogen and oxygen atoms in total. The average Bonchev–Trinajstić information content (AvgIpc) is 2.78. The molecule has 22 heavy (non-hydrogen) atoms. The van der Waals surface area contributed by atoms with Crippen molar-refractivity contribution in [1.82, 2.24) is 14.7 Å². The van der Waals surface area contributed by atoms with Gasteiger partial charge in [-0.15, -0.1) is 0 Å². The van der Waals surface area contributed by atoms with Crippen LogP contribution in [0.5, 0.6) is 0 Å². The van der Waals surface area contributed by atoms with Crippen molar-refractivity contribution in [2.45, 2.75) is 26.9 Å². The smallest absolute Gasteiger partial charge is 0.173 e. The molecule has 1 heterocycles. The second kappa shape index (κ2) is 7.31. The maximum atomic E-state index is 5.99. The van der Waals surface area contributed by atoms with Crippen LogP contribution in [0.4, 0.5) is 5.69 Å². The van der Waals surface area contributed by atoms with E-state index in [1.807, 2.05) is 29.7 Å². The summed E-state index contributed by atoms with van der Waals surface area (Å²) in [5.41, 5.74) is 2.94. The number of hydrogen-bond donors (Lipinski definition) is 1. The fraction of sp³-hybridized carbons (Fsp3) is 0.333. The van der Waals surface area contributed by atoms with Crippen molar-refractivity contribution in [2.24, 2.45) is 0 Å². The van der Waals surface area contributed by atoms with Gasteiger partial charge in [-0.3, -0.25) is 4.68 Å². The van der Waals surface area contributed by atoms with Gasteiger partial charge < -0.3 is 10.2 Å². The van der Waals surface area contributed by atoms with E-state index in [0.717, 1.165) is 23.5 Å². The molecule has 0 bridgehead atoms. The van der Waals surface area contributed by atoms with Crippen molar-refractivity contribution in [3.8, 4) is 0 Å². The molecule has 1 aromatic carbocycles. The van der Waals surface area contributed by atoms with Crippen molar-refractivity contribution in [3.05, 3.63) is 45.7 Å². The van der Waals surface area contributed by atoms with Crippen molar-refractivity contribution in [1.29, 1.82) is 0 Å². The zero-order valence-corrected chi connectivity index (χ0v) is 15.1. The number of aromatic nitrogens is 2. The van der Waals surface area contributed by atoms with Gasteiger partial charge in [0.05, 0.1) is 5.69 Å². The van der Waals surface area contributed by atoms with Gasteiger partial charge in [-0.25, -0.2) is 0 Å². The van der Waals surface area contributed by atoms with Crippen LogP contribution in [0.1, 0.15) is 18.2 Å². The van der Waals surface area contributed by atoms with Gasteiger partial charge in [0.25, 0.3) is 0 Å². The van der Waals surface area contributed by atoms with Crippen molar-refractivity contribution >= 4 is 46.2 Å². The Morgan fingerprint density at radius 3 is 2.50 bits per heavy atom. The second-order valence-electron chi connectivity index (χ2n) is 5.04. The van der Waals surface area contributed by atoms with Crippen LogP contribution in [0, 0.1) is 6.92 Å². The van der Waals surface area contributed by atoms with Gasteiger partial charge in [0.1, 0.15) is 0 Å². The lowest BCUT2D eigenvalue weighted by Gasteiger charge is -2.21. The first-order valence-corrected chi connectivity index (χ1v) is 8.06. The molecule has 118 valence electrons. The molecule has 1 N–H and O–H groups in total. The number of anilines is 1. The van der Waals surface area contributed by atoms with E-state index < -0.39 is 0 Å². The molecule has 0 amide bonds. The number of thiocarbonyl (C=S) groups is 1. The molecule has 0 unspecified atom stereocenters. The number of benzene rings is 1. The maximum Gasteiger partial charge on any atom is 0.173 e. The molecule has 0 aliphatic carbocycles. The number of aryl methyl sites for hydroxylation is 2. The number of rotatable bonds is 4. The summed E-state index contributed by atoms with van der Waals surface area (Å²) in [6, 6.07) is 5.26. The van der Waals surface area contributed by atoms with Crippen molar-refractivity contribution in [3.63, 3.8) is 0 Å². The van der Waals surface area contributed by atoms with Crippen LogP contribution in [0.3, 0.4) is 0 Å². The van der Waals surface area contributed by atoms with E-state index >= 15 is 0 Å². The van der Waals surface area contributed by atoms with Crippen LogP contribution in [-0.4, -0.2) is 26.8 Å². The third-order valence-corrected chi connectivity index (χ3v) is 4.09. The molecule has 0 radical (unpaired) electrons. The Balaban J connectivity index is 2.04. The van der Waals surface area contributed by atoms with Gasteiger partial charge in [0, 0.05) is 47.6 Å². The number of hydrogen-bond acceptors (Lipinski definition) is 2. The van der Waals surface area contributed by atoms with Gasteiger partial charge in [-0.1, -0.05) is 23.2 Å². The van der Waals surface area contributed by atoms with Crippen LogP contribution < -0.4 is 5.32 Å². The Bertz CT molecular complexity index is 664. The van der Waals surface area contributed by atoms with Gasteiger partial charge in [0.15, 0.2) is 5.11 Å². The van der Waals surface area contributed by atoms with E-state index in [-0.39, 0.29) is 0 Å². The molecular weight excluding hydrogens is 339 g/mol. The summed E-state index contributed by atoms with van der Waals surface area (Å²) in [4.78, 5) is 1.95. The Morgan fingerprint density at radius 1 is 1.32 bits per heavy atom. The second-order valence-corrected chi connectivity index (χ2v) is 6.30. The van der Waals surface area contributed by atoms with E-state index in [1.54, 1.807) is 18.2 Å². The van der Waals surface area contributed by atoms with Gasteiger partial charge in [-0.2, -0.15) is 5.10 Å². The molecule has 0 saturated heterocycles. The minimum absolute atomic E-state index is 0.570. The van der Waals surface area contributed by atoms with Crippen LogP contribution >= 0.6 is 35.4 Å². The molecular formula is C15H18Cl2N4S. The molecule has 0 aliphatic heterocycles. The molecule has 7 heteroatoms. The topological polar surface area (TPSA) is 33.1 Å². The zero-order valence-electron chi connectivity index (χ0n) is 12.7. The fourth-order valence-electron chi connectivity index (χ4n) is 2.05. The summed E-state index contributed by atoms with van der Waals surface area (Å²) < 4.78 is 1.92. The van der Waals surface area contributed by atoms with Crippen molar-refractivity contribution in [2.75, 3.05) is 12.4 Å². The third kappa shape index (κ3) is 4.35. The average molecular weight is 357 g/mol. The number of halogens is 2. The van der Waals surface area contributed by atoms with Crippen LogP contribution in [0.25, 0.3) is 0 Å². The summed E-state index contributed by atoms with van der Waals surface area (Å²) in [6.07, 6.45) is 2.05. The van der Waals surface area contributed by atoms with Gasteiger partial charge >= 0.3 is 0 Å². The lowest BCUT2D eigenvalue weighted by atomic mass is 10.2. The summed E-state index contributed by atoms with van der Waals surface area (Å²) >= 11 is 17.4. The Labute approximate surface area is 146 Å². The molecule has 0 fully saturated rings. The van der Waals surface area contributed by atoms with E-state index in [4.69, 9.17) is 35.4 Å². The predicted octanol–water partition coefficient (Wildman–Crippen LogP) is 4.35. The molecule has 0 aliphatic rings. The lowest BCUT2D eigenvalue weighted by molar-refractivity contribution is 0.506. The van der Waals surface area contributed by atoms with Gasteiger partial charge in [-0.05, 0) is 44.3 Å². The first-order valence-electron chi connectivity index (χ1n) is 6.90. The molecule has 2 aromatic rings. The highest BCUT2D eigenvalue weighted by molar-refractivity contribution is 7.80. The van der Waals surface area contributed by atoms with E-state index in [1.165, 1.54) is 0 Å². The largest absolute Gasteiger partial charge is 0.348 e. The first-order chi connectivity index (χ1) is 10.4. The summed E-state index contributed by atoms with van der Waals surface area (Å²) in [7, 11) is 1.93. The maximum absolute atomic E-state index is 5.99. The molecule has 0 atom stereocenters. The van der Waals surface area contributed by atoms with Crippen LogP contribution in [0.2, 0.25) is 10.0 Å². The van der Waals surface area contributed by atoms with Crippen LogP contribution in [0.15, 0.2) is 24.4 Å². The highest BCUT2D eigenvalue weighted by Gasteiger charge is 2.10. The Morgan fingerprint density at radius 2 is 1.95 bits per heavy atom. The first kappa shape index (κ1) is 17.1. The fourth-order valence-corrected chi connectivity index (χ4v) is 2.76. The summed E-state index contributed by atoms with van der Waals surface area (Å²) in [5, 5.41) is 9.32. The highest BCUT2D eigenvalue weighted by atomic mass is 35.5. The summed E-state index contributed by atoms with van der Waals surface area (Å²) in [6.45, 7) is 5.61. The Hall–Kier alpha value is -1.30. The Kier molecular flexibility index (Phi) is 5.67. The van der Waals surface area contributed by atoms with E-state index in [2.05, 4.69) is 17.3 Å². The third-order valence-electron chi connectivity index (χ3n) is 3.24. The SMILES string of the molecule is CCn1cc(CN(C)C(=S)Nc2cc(Cl)cc(Cl)c2)c(C)n1. The van der Waals surface area contributed by atoms with Gasteiger partial charge in [0.2, 0.25) is 0 Å². The zero-order chi connectivity index (χ0) is 16.3. The standard InChI is InChI=1S/C15H18Cl2N4S/c1-4-21-9-11(10(2)19-21)8-20(3)15(22)18-14-6-12(16)5-13(17)7-14/h5-7,9H,4,8H2,1-3H3,(H,18,22). The molecule has 2 rings (SSSR count). The normalized spacial score (nSPS) is 10.6. The van der Waals surface area contributed by atoms with E-state index in [9.17, 15) is 0 Å². The number of nitrogens with zero attached hydrogens (tertiary/aromatic N) is 3. The lowest BCUT2D eigenvalue weighted by Crippen LogP contribution is -2.30. The quantitative estimate of drug-likeness (QED) is 0.825. The molecule has 1 aromatic heterocycles. The number of nitrogens with one attached hydrogen (secondary N) is 1. The minimum Gasteiger partial charge on any atom is -0.348 e. The minimum atomic E-state index is 0.570. The van der Waals surface area contributed by atoms with Crippen LogP contribution in [-0.2, 0) is 13.1 Å².